The predicted octanol–water partition coefficient (Wildman–Crippen LogP) is 1.83. The minimum atomic E-state index is -1.16. The van der Waals surface area contributed by atoms with Crippen molar-refractivity contribution < 1.29 is 14.1 Å². The molecule has 15 heavy (non-hydrogen) atoms. The van der Waals surface area contributed by atoms with Crippen LogP contribution in [0.4, 0.5) is 0 Å². The van der Waals surface area contributed by atoms with Gasteiger partial charge in [-0.3, -0.25) is 4.21 Å². The number of aliphatic carboxylic acids is 1. The number of rotatable bonds is 4. The minimum Gasteiger partial charge on any atom is -0.478 e. The number of carboxylic acid groups (broad SMARTS) is 1. The van der Waals surface area contributed by atoms with Gasteiger partial charge in [-0.1, -0.05) is 24.3 Å². The van der Waals surface area contributed by atoms with Gasteiger partial charge in [0.15, 0.2) is 0 Å². The second kappa shape index (κ2) is 5.46. The molecule has 80 valence electrons. The van der Waals surface area contributed by atoms with Crippen molar-refractivity contribution >= 4 is 16.8 Å². The Morgan fingerprint density at radius 3 is 2.53 bits per heavy atom. The van der Waals surface area contributed by atoms with Gasteiger partial charge in [-0.25, -0.2) is 4.79 Å². The Morgan fingerprint density at radius 1 is 1.40 bits per heavy atom. The van der Waals surface area contributed by atoms with Gasteiger partial charge in [0.05, 0.1) is 10.8 Å². The van der Waals surface area contributed by atoms with Crippen molar-refractivity contribution in [2.45, 2.75) is 11.8 Å². The Morgan fingerprint density at radius 2 is 2.00 bits per heavy atom. The molecule has 0 aliphatic heterocycles. The molecule has 1 atom stereocenters. The maximum Gasteiger partial charge on any atom is 0.330 e. The summed E-state index contributed by atoms with van der Waals surface area (Å²) in [5.74, 6) is -0.734. The standard InChI is InChI=1S/C11H12O3S/c1-9(11(12)13)7-8-15(14)10-5-3-2-4-6-10/h2-7H,8H2,1H3,(H,12,13)/i7+1,8+1. The van der Waals surface area contributed by atoms with E-state index in [2.05, 4.69) is 0 Å². The molecule has 0 saturated heterocycles. The summed E-state index contributed by atoms with van der Waals surface area (Å²) in [6.07, 6.45) is 1.48. The van der Waals surface area contributed by atoms with Crippen LogP contribution in [0.1, 0.15) is 6.92 Å². The van der Waals surface area contributed by atoms with Crippen LogP contribution < -0.4 is 0 Å². The van der Waals surface area contributed by atoms with Crippen LogP contribution in [0.3, 0.4) is 0 Å². The first-order valence-electron chi connectivity index (χ1n) is 4.44. The molecule has 1 aromatic carbocycles. The molecule has 0 spiro atoms. The molecule has 0 radical (unpaired) electrons. The largest absolute Gasteiger partial charge is 0.478 e. The fraction of sp³-hybridized carbons (Fsp3) is 0.182. The van der Waals surface area contributed by atoms with E-state index >= 15 is 0 Å². The summed E-state index contributed by atoms with van der Waals surface area (Å²) < 4.78 is 11.6. The van der Waals surface area contributed by atoms with Gasteiger partial charge in [0.25, 0.3) is 0 Å². The smallest absolute Gasteiger partial charge is 0.330 e. The first-order valence-corrected chi connectivity index (χ1v) is 5.76. The van der Waals surface area contributed by atoms with Crippen molar-refractivity contribution in [1.29, 1.82) is 0 Å². The van der Waals surface area contributed by atoms with E-state index < -0.39 is 16.8 Å². The summed E-state index contributed by atoms with van der Waals surface area (Å²) in [7, 11) is -1.16. The molecule has 0 fully saturated rings. The highest BCUT2D eigenvalue weighted by Gasteiger charge is 2.03. The van der Waals surface area contributed by atoms with E-state index in [4.69, 9.17) is 5.11 Å². The van der Waals surface area contributed by atoms with Crippen molar-refractivity contribution in [2.24, 2.45) is 0 Å². The number of hydrogen-bond acceptors (Lipinski definition) is 2. The summed E-state index contributed by atoms with van der Waals surface area (Å²) in [4.78, 5) is 11.2. The Labute approximate surface area is 90.9 Å². The Hall–Kier alpha value is -1.42. The van der Waals surface area contributed by atoms with Crippen LogP contribution in [0.25, 0.3) is 0 Å². The quantitative estimate of drug-likeness (QED) is 0.629. The molecular formula is C11H12O3S. The second-order valence-electron chi connectivity index (χ2n) is 3.02. The molecule has 0 saturated carbocycles. The number of carboxylic acids is 1. The number of hydrogen-bond donors (Lipinski definition) is 1. The lowest BCUT2D eigenvalue weighted by atomic mass is 10.4. The molecule has 0 amide bonds. The van der Waals surface area contributed by atoms with Crippen molar-refractivity contribution in [3.05, 3.63) is 42.0 Å². The Balaban J connectivity index is 2.66. The summed E-state index contributed by atoms with van der Waals surface area (Å²) in [5.41, 5.74) is 0.222. The van der Waals surface area contributed by atoms with E-state index in [1.54, 1.807) is 24.3 Å². The predicted molar refractivity (Wildman–Crippen MR) is 59.1 cm³/mol. The summed E-state index contributed by atoms with van der Waals surface area (Å²) in [6.45, 7) is 1.49. The van der Waals surface area contributed by atoms with Gasteiger partial charge in [0.1, 0.15) is 0 Å². The third-order valence-corrected chi connectivity index (χ3v) is 3.15. The molecule has 0 aliphatic rings. The monoisotopic (exact) mass is 226 g/mol. The van der Waals surface area contributed by atoms with Crippen LogP contribution in [-0.2, 0) is 15.6 Å². The molecule has 1 aromatic rings. The molecule has 1 unspecified atom stereocenters. The number of carbonyl (C=O) groups is 1. The van der Waals surface area contributed by atoms with E-state index in [-0.39, 0.29) is 11.3 Å². The van der Waals surface area contributed by atoms with Gasteiger partial charge >= 0.3 is 5.97 Å². The molecule has 0 heterocycles. The van der Waals surface area contributed by atoms with Crippen LogP contribution in [0.5, 0.6) is 0 Å². The molecule has 1 rings (SSSR count). The van der Waals surface area contributed by atoms with Crippen LogP contribution in [-0.4, -0.2) is 21.0 Å². The van der Waals surface area contributed by atoms with Crippen molar-refractivity contribution in [1.82, 2.24) is 0 Å². The normalized spacial score (nSPS) is 13.5. The topological polar surface area (TPSA) is 54.4 Å². The lowest BCUT2D eigenvalue weighted by molar-refractivity contribution is -0.132. The molecule has 0 aliphatic carbocycles. The van der Waals surface area contributed by atoms with Crippen LogP contribution >= 0.6 is 0 Å². The average Bonchev–Trinajstić information content (AvgIpc) is 2.26. The van der Waals surface area contributed by atoms with Crippen molar-refractivity contribution in [3.8, 4) is 0 Å². The minimum absolute atomic E-state index is 0.222. The SMILES string of the molecule is CC(=[13CH][13CH2]S(=O)c1ccccc1)C(=O)O. The molecule has 4 heteroatoms. The first-order chi connectivity index (χ1) is 7.11. The third kappa shape index (κ3) is 3.67. The van der Waals surface area contributed by atoms with E-state index in [1.165, 1.54) is 13.0 Å². The molecule has 1 N–H and O–H groups in total. The molecule has 3 nitrogen and oxygen atoms in total. The second-order valence-corrected chi connectivity index (χ2v) is 4.51. The maximum absolute atomic E-state index is 11.6. The summed E-state index contributed by atoms with van der Waals surface area (Å²) in [6, 6.07) is 8.99. The van der Waals surface area contributed by atoms with E-state index in [0.717, 1.165) is 0 Å². The fourth-order valence-electron chi connectivity index (χ4n) is 0.956. The van der Waals surface area contributed by atoms with Crippen LogP contribution in [0.2, 0.25) is 0 Å². The number of benzene rings is 1. The van der Waals surface area contributed by atoms with Crippen LogP contribution in [0.15, 0.2) is 46.9 Å². The van der Waals surface area contributed by atoms with Crippen molar-refractivity contribution in [3.63, 3.8) is 0 Å². The van der Waals surface area contributed by atoms with Crippen molar-refractivity contribution in [2.75, 3.05) is 5.75 Å². The maximum atomic E-state index is 11.6. The third-order valence-electron chi connectivity index (χ3n) is 1.88. The van der Waals surface area contributed by atoms with Gasteiger partial charge in [-0.05, 0) is 19.1 Å². The van der Waals surface area contributed by atoms with E-state index in [9.17, 15) is 9.00 Å². The molecular weight excluding hydrogens is 214 g/mol. The van der Waals surface area contributed by atoms with Gasteiger partial charge in [0.2, 0.25) is 0 Å². The molecule has 0 bridgehead atoms. The summed E-state index contributed by atoms with van der Waals surface area (Å²) in [5, 5.41) is 8.60. The van der Waals surface area contributed by atoms with E-state index in [1.807, 2.05) is 6.07 Å². The molecule has 0 aromatic heterocycles. The van der Waals surface area contributed by atoms with E-state index in [0.29, 0.717) is 4.90 Å². The summed E-state index contributed by atoms with van der Waals surface area (Å²) >= 11 is 0. The average molecular weight is 226 g/mol. The highest BCUT2D eigenvalue weighted by atomic mass is 32.2. The Bertz CT molecular complexity index is 396. The highest BCUT2D eigenvalue weighted by Crippen LogP contribution is 2.06. The zero-order valence-electron chi connectivity index (χ0n) is 8.34. The van der Waals surface area contributed by atoms with Crippen LogP contribution in [0, 0.1) is 0 Å². The lowest BCUT2D eigenvalue weighted by Gasteiger charge is -1.98. The van der Waals surface area contributed by atoms with Gasteiger partial charge < -0.3 is 5.11 Å². The van der Waals surface area contributed by atoms with Gasteiger partial charge in [-0.2, -0.15) is 0 Å². The van der Waals surface area contributed by atoms with Gasteiger partial charge in [0, 0.05) is 16.2 Å². The van der Waals surface area contributed by atoms with Gasteiger partial charge in [-0.15, -0.1) is 0 Å². The Kier molecular flexibility index (Phi) is 4.24. The lowest BCUT2D eigenvalue weighted by Crippen LogP contribution is -2.00. The first kappa shape index (κ1) is 11.7. The zero-order chi connectivity index (χ0) is 11.3. The zero-order valence-corrected chi connectivity index (χ0v) is 9.16. The fourth-order valence-corrected chi connectivity index (χ4v) is 2.01. The highest BCUT2D eigenvalue weighted by molar-refractivity contribution is 7.85.